The number of rotatable bonds is 2. The summed E-state index contributed by atoms with van der Waals surface area (Å²) in [5.74, 6) is -0.548. The largest absolute Gasteiger partial charge is 0.316 e. The van der Waals surface area contributed by atoms with E-state index >= 15 is 0 Å². The van der Waals surface area contributed by atoms with Crippen molar-refractivity contribution in [3.05, 3.63) is 35.1 Å². The summed E-state index contributed by atoms with van der Waals surface area (Å²) in [5.41, 5.74) is 0.307. The second kappa shape index (κ2) is 4.87. The van der Waals surface area contributed by atoms with E-state index in [-0.39, 0.29) is 5.92 Å². The van der Waals surface area contributed by atoms with E-state index in [4.69, 9.17) is 0 Å². The van der Waals surface area contributed by atoms with Crippen LogP contribution in [0.3, 0.4) is 0 Å². The van der Waals surface area contributed by atoms with Crippen molar-refractivity contribution in [1.82, 2.24) is 5.32 Å². The van der Waals surface area contributed by atoms with Crippen LogP contribution in [0.2, 0.25) is 0 Å². The van der Waals surface area contributed by atoms with Crippen LogP contribution in [0.4, 0.5) is 13.2 Å². The minimum absolute atomic E-state index is 0.245. The Morgan fingerprint density at radius 1 is 1.31 bits per heavy atom. The van der Waals surface area contributed by atoms with Gasteiger partial charge in [0.05, 0.1) is 5.56 Å². The lowest BCUT2D eigenvalue weighted by molar-refractivity contribution is 0.146. The molecule has 1 aromatic rings. The molecule has 1 heterocycles. The van der Waals surface area contributed by atoms with Gasteiger partial charge in [0.1, 0.15) is 5.82 Å². The highest BCUT2D eigenvalue weighted by atomic mass is 19.3. The summed E-state index contributed by atoms with van der Waals surface area (Å²) in [7, 11) is 0. The van der Waals surface area contributed by atoms with Crippen molar-refractivity contribution in [2.24, 2.45) is 0 Å². The second-order valence-corrected chi connectivity index (χ2v) is 4.12. The van der Waals surface area contributed by atoms with Crippen LogP contribution in [-0.2, 0) is 0 Å². The van der Waals surface area contributed by atoms with Gasteiger partial charge in [0.15, 0.2) is 0 Å². The van der Waals surface area contributed by atoms with Gasteiger partial charge >= 0.3 is 0 Å². The lowest BCUT2D eigenvalue weighted by atomic mass is 9.91. The average Bonchev–Trinajstić information content (AvgIpc) is 2.29. The van der Waals surface area contributed by atoms with Gasteiger partial charge in [0, 0.05) is 6.54 Å². The van der Waals surface area contributed by atoms with Crippen LogP contribution in [-0.4, -0.2) is 13.1 Å². The fraction of sp³-hybridized carbons (Fsp3) is 0.500. The second-order valence-electron chi connectivity index (χ2n) is 4.12. The number of hydrogen-bond acceptors (Lipinski definition) is 1. The van der Waals surface area contributed by atoms with E-state index in [1.807, 2.05) is 0 Å². The molecule has 0 amide bonds. The Kier molecular flexibility index (Phi) is 3.49. The molecule has 0 radical (unpaired) electrons. The Morgan fingerprint density at radius 2 is 2.12 bits per heavy atom. The van der Waals surface area contributed by atoms with Crippen molar-refractivity contribution < 1.29 is 13.2 Å². The Morgan fingerprint density at radius 3 is 2.69 bits per heavy atom. The number of piperidine rings is 1. The molecule has 4 heteroatoms. The van der Waals surface area contributed by atoms with Gasteiger partial charge in [-0.1, -0.05) is 12.1 Å². The van der Waals surface area contributed by atoms with E-state index in [2.05, 4.69) is 5.32 Å². The molecule has 1 aliphatic rings. The van der Waals surface area contributed by atoms with Gasteiger partial charge in [-0.05, 0) is 36.9 Å². The average molecular weight is 229 g/mol. The maximum Gasteiger partial charge on any atom is 0.266 e. The van der Waals surface area contributed by atoms with Crippen LogP contribution in [0.5, 0.6) is 0 Å². The predicted octanol–water partition coefficient (Wildman–Crippen LogP) is 3.23. The standard InChI is InChI=1S/C12H14F3N/c13-11-6-8(3-4-10(11)12(14)15)9-2-1-5-16-7-9/h3-4,6,9,12,16H,1-2,5,7H2. The van der Waals surface area contributed by atoms with E-state index < -0.39 is 17.8 Å². The molecule has 1 fully saturated rings. The highest BCUT2D eigenvalue weighted by molar-refractivity contribution is 5.28. The highest BCUT2D eigenvalue weighted by Crippen LogP contribution is 2.28. The van der Waals surface area contributed by atoms with Gasteiger partial charge in [0.25, 0.3) is 6.43 Å². The zero-order chi connectivity index (χ0) is 11.5. The Labute approximate surface area is 92.7 Å². The predicted molar refractivity (Wildman–Crippen MR) is 56.2 cm³/mol. The molecule has 1 nitrogen and oxygen atoms in total. The number of halogens is 3. The molecule has 0 saturated carbocycles. The van der Waals surface area contributed by atoms with Crippen molar-refractivity contribution in [1.29, 1.82) is 0 Å². The van der Waals surface area contributed by atoms with Crippen molar-refractivity contribution in [3.63, 3.8) is 0 Å². The fourth-order valence-corrected chi connectivity index (χ4v) is 2.11. The van der Waals surface area contributed by atoms with E-state index in [9.17, 15) is 13.2 Å². The summed E-state index contributed by atoms with van der Waals surface area (Å²) in [6, 6.07) is 4.06. The van der Waals surface area contributed by atoms with Gasteiger partial charge in [-0.3, -0.25) is 0 Å². The molecule has 1 atom stereocenters. The molecule has 0 aromatic heterocycles. The SMILES string of the molecule is Fc1cc(C2CCCNC2)ccc1C(F)F. The third-order valence-electron chi connectivity index (χ3n) is 3.03. The van der Waals surface area contributed by atoms with Crippen LogP contribution in [0.1, 0.15) is 36.3 Å². The number of hydrogen-bond donors (Lipinski definition) is 1. The zero-order valence-corrected chi connectivity index (χ0v) is 8.85. The summed E-state index contributed by atoms with van der Waals surface area (Å²) in [5, 5.41) is 3.22. The molecule has 1 unspecified atom stereocenters. The maximum absolute atomic E-state index is 13.4. The molecular weight excluding hydrogens is 215 g/mol. The summed E-state index contributed by atoms with van der Waals surface area (Å²) in [6.45, 7) is 1.78. The number of nitrogens with one attached hydrogen (secondary N) is 1. The molecule has 1 saturated heterocycles. The highest BCUT2D eigenvalue weighted by Gasteiger charge is 2.18. The van der Waals surface area contributed by atoms with E-state index in [1.165, 1.54) is 12.1 Å². The van der Waals surface area contributed by atoms with Crippen molar-refractivity contribution in [3.8, 4) is 0 Å². The van der Waals surface area contributed by atoms with Crippen molar-refractivity contribution >= 4 is 0 Å². The first-order chi connectivity index (χ1) is 7.68. The van der Waals surface area contributed by atoms with Crippen LogP contribution < -0.4 is 5.32 Å². The molecule has 1 aromatic carbocycles. The van der Waals surface area contributed by atoms with Crippen molar-refractivity contribution in [2.75, 3.05) is 13.1 Å². The van der Waals surface area contributed by atoms with Crippen LogP contribution >= 0.6 is 0 Å². The summed E-state index contributed by atoms with van der Waals surface area (Å²) >= 11 is 0. The maximum atomic E-state index is 13.4. The van der Waals surface area contributed by atoms with Crippen molar-refractivity contribution in [2.45, 2.75) is 25.2 Å². The Balaban J connectivity index is 2.19. The number of alkyl halides is 2. The molecule has 0 bridgehead atoms. The van der Waals surface area contributed by atoms with E-state index in [0.29, 0.717) is 0 Å². The topological polar surface area (TPSA) is 12.0 Å². The molecule has 1 N–H and O–H groups in total. The Hall–Kier alpha value is -1.03. The van der Waals surface area contributed by atoms with E-state index in [1.54, 1.807) is 6.07 Å². The van der Waals surface area contributed by atoms with Gasteiger partial charge in [0.2, 0.25) is 0 Å². The first-order valence-electron chi connectivity index (χ1n) is 5.46. The number of benzene rings is 1. The normalized spacial score (nSPS) is 21.4. The fourth-order valence-electron chi connectivity index (χ4n) is 2.11. The smallest absolute Gasteiger partial charge is 0.266 e. The van der Waals surface area contributed by atoms with Crippen LogP contribution in [0, 0.1) is 5.82 Å². The molecule has 16 heavy (non-hydrogen) atoms. The Bertz CT molecular complexity index is 359. The minimum atomic E-state index is -2.74. The minimum Gasteiger partial charge on any atom is -0.316 e. The van der Waals surface area contributed by atoms with Gasteiger partial charge in [-0.15, -0.1) is 0 Å². The summed E-state index contributed by atoms with van der Waals surface area (Å²) in [4.78, 5) is 0. The van der Waals surface area contributed by atoms with Gasteiger partial charge in [-0.2, -0.15) is 0 Å². The summed E-state index contributed by atoms with van der Waals surface area (Å²) < 4.78 is 38.1. The zero-order valence-electron chi connectivity index (χ0n) is 8.85. The van der Waals surface area contributed by atoms with E-state index in [0.717, 1.165) is 31.5 Å². The lowest BCUT2D eigenvalue weighted by Gasteiger charge is -2.23. The van der Waals surface area contributed by atoms with Gasteiger partial charge < -0.3 is 5.32 Å². The third-order valence-corrected chi connectivity index (χ3v) is 3.03. The molecular formula is C12H14F3N. The van der Waals surface area contributed by atoms with Gasteiger partial charge in [-0.25, -0.2) is 13.2 Å². The summed E-state index contributed by atoms with van der Waals surface area (Å²) in [6.07, 6.45) is -0.706. The van der Waals surface area contributed by atoms with Crippen LogP contribution in [0.25, 0.3) is 0 Å². The molecule has 0 aliphatic carbocycles. The molecule has 1 aliphatic heterocycles. The first-order valence-corrected chi connectivity index (χ1v) is 5.46. The monoisotopic (exact) mass is 229 g/mol. The first kappa shape index (κ1) is 11.5. The quantitative estimate of drug-likeness (QED) is 0.821. The molecule has 2 rings (SSSR count). The molecule has 88 valence electrons. The lowest BCUT2D eigenvalue weighted by Crippen LogP contribution is -2.28. The third kappa shape index (κ3) is 2.38. The van der Waals surface area contributed by atoms with Crippen LogP contribution in [0.15, 0.2) is 18.2 Å². The molecule has 0 spiro atoms.